The molecule has 0 saturated carbocycles. The van der Waals surface area contributed by atoms with E-state index in [2.05, 4.69) is 41.9 Å². The molecule has 0 aliphatic rings. The predicted molar refractivity (Wildman–Crippen MR) is 68.0 cm³/mol. The minimum Gasteiger partial charge on any atom is -0.469 e. The zero-order valence-electron chi connectivity index (χ0n) is 9.00. The average molecular weight is 285 g/mol. The van der Waals surface area contributed by atoms with Crippen molar-refractivity contribution in [2.75, 3.05) is 0 Å². The Morgan fingerprint density at radius 1 is 1.27 bits per heavy atom. The summed E-state index contributed by atoms with van der Waals surface area (Å²) in [6.45, 7) is 6.27. The number of alkyl halides is 1. The Kier molecular flexibility index (Phi) is 3.03. The highest BCUT2D eigenvalue weighted by atomic mass is 79.9. The van der Waals surface area contributed by atoms with Gasteiger partial charge in [0.15, 0.2) is 0 Å². The topological polar surface area (TPSA) is 13.1 Å². The Balaban J connectivity index is 2.35. The third-order valence-corrected chi connectivity index (χ3v) is 4.40. The number of thiophene rings is 1. The van der Waals surface area contributed by atoms with Gasteiger partial charge >= 0.3 is 0 Å². The van der Waals surface area contributed by atoms with E-state index in [9.17, 15) is 0 Å². The number of rotatable bonds is 2. The second-order valence-electron chi connectivity index (χ2n) is 3.72. The van der Waals surface area contributed by atoms with Crippen LogP contribution >= 0.6 is 27.3 Å². The van der Waals surface area contributed by atoms with Crippen LogP contribution < -0.4 is 0 Å². The van der Waals surface area contributed by atoms with Crippen molar-refractivity contribution >= 4 is 27.3 Å². The van der Waals surface area contributed by atoms with Crippen molar-refractivity contribution in [3.63, 3.8) is 0 Å². The molecule has 2 rings (SSSR count). The summed E-state index contributed by atoms with van der Waals surface area (Å²) in [5.41, 5.74) is 2.53. The summed E-state index contributed by atoms with van der Waals surface area (Å²) in [5.74, 6) is 0.957. The normalized spacial score (nSPS) is 13.1. The Morgan fingerprint density at radius 3 is 2.47 bits per heavy atom. The van der Waals surface area contributed by atoms with Crippen LogP contribution in [0, 0.1) is 20.8 Å². The first kappa shape index (κ1) is 11.0. The summed E-state index contributed by atoms with van der Waals surface area (Å²) in [4.78, 5) is 2.97. The zero-order chi connectivity index (χ0) is 11.0. The summed E-state index contributed by atoms with van der Waals surface area (Å²) in [7, 11) is 0. The van der Waals surface area contributed by atoms with Gasteiger partial charge in [-0.25, -0.2) is 0 Å². The molecule has 2 aromatic rings. The molecule has 0 aromatic carbocycles. The van der Waals surface area contributed by atoms with Crippen molar-refractivity contribution in [2.45, 2.75) is 25.6 Å². The number of aryl methyl sites for hydroxylation is 3. The first-order chi connectivity index (χ1) is 7.08. The summed E-state index contributed by atoms with van der Waals surface area (Å²) >= 11 is 5.56. The van der Waals surface area contributed by atoms with Crippen LogP contribution in [0.15, 0.2) is 22.8 Å². The van der Waals surface area contributed by atoms with Gasteiger partial charge < -0.3 is 4.42 Å². The smallest absolute Gasteiger partial charge is 0.101 e. The molecule has 15 heavy (non-hydrogen) atoms. The van der Waals surface area contributed by atoms with Crippen LogP contribution in [0.5, 0.6) is 0 Å². The third kappa shape index (κ3) is 2.18. The molecule has 0 amide bonds. The molecule has 0 aliphatic heterocycles. The number of furan rings is 1. The molecule has 3 heteroatoms. The van der Waals surface area contributed by atoms with E-state index in [4.69, 9.17) is 4.42 Å². The molecule has 1 nitrogen and oxygen atoms in total. The minimum absolute atomic E-state index is 0.250. The second-order valence-corrected chi connectivity index (χ2v) is 6.10. The number of halogens is 1. The van der Waals surface area contributed by atoms with Crippen LogP contribution in [0.1, 0.15) is 31.5 Å². The fourth-order valence-electron chi connectivity index (χ4n) is 1.68. The van der Waals surface area contributed by atoms with Crippen LogP contribution in [-0.2, 0) is 0 Å². The lowest BCUT2D eigenvalue weighted by Gasteiger charge is -2.06. The van der Waals surface area contributed by atoms with E-state index in [0.717, 1.165) is 5.76 Å². The van der Waals surface area contributed by atoms with Gasteiger partial charge in [-0.15, -0.1) is 11.3 Å². The zero-order valence-corrected chi connectivity index (χ0v) is 11.4. The van der Waals surface area contributed by atoms with E-state index in [-0.39, 0.29) is 4.83 Å². The first-order valence-electron chi connectivity index (χ1n) is 4.84. The highest BCUT2D eigenvalue weighted by Gasteiger charge is 2.16. The fraction of sp³-hybridized carbons (Fsp3) is 0.333. The molecule has 2 heterocycles. The molecule has 0 saturated heterocycles. The quantitative estimate of drug-likeness (QED) is 0.726. The Bertz CT molecular complexity index is 470. The van der Waals surface area contributed by atoms with Crippen molar-refractivity contribution < 1.29 is 4.42 Å². The van der Waals surface area contributed by atoms with Crippen molar-refractivity contribution in [3.8, 4) is 0 Å². The molecule has 0 aliphatic carbocycles. The maximum absolute atomic E-state index is 5.33. The van der Waals surface area contributed by atoms with Gasteiger partial charge in [0.05, 0.1) is 11.1 Å². The molecular formula is C12H13BrOS. The lowest BCUT2D eigenvalue weighted by Crippen LogP contribution is -1.89. The molecule has 0 fully saturated rings. The lowest BCUT2D eigenvalue weighted by molar-refractivity contribution is 0.532. The lowest BCUT2D eigenvalue weighted by atomic mass is 10.1. The summed E-state index contributed by atoms with van der Waals surface area (Å²) in [6, 6.07) is 4.31. The summed E-state index contributed by atoms with van der Waals surface area (Å²) < 4.78 is 5.33. The Labute approximate surface area is 102 Å². The Hall–Kier alpha value is -0.540. The van der Waals surface area contributed by atoms with E-state index in [1.54, 1.807) is 0 Å². The molecule has 1 unspecified atom stereocenters. The monoisotopic (exact) mass is 284 g/mol. The standard InChI is InChI=1S/C12H13BrOS/c1-7-4-10(6-14-7)12(13)11-5-8(2)15-9(11)3/h4-6,12H,1-3H3. The van der Waals surface area contributed by atoms with E-state index < -0.39 is 0 Å². The van der Waals surface area contributed by atoms with E-state index in [0.29, 0.717) is 0 Å². The molecule has 0 N–H and O–H groups in total. The molecule has 0 bridgehead atoms. The first-order valence-corrected chi connectivity index (χ1v) is 6.57. The maximum Gasteiger partial charge on any atom is 0.101 e. The van der Waals surface area contributed by atoms with Crippen LogP contribution in [0.3, 0.4) is 0 Å². The fourth-order valence-corrected chi connectivity index (χ4v) is 3.51. The minimum atomic E-state index is 0.250. The largest absolute Gasteiger partial charge is 0.469 e. The average Bonchev–Trinajstić information content (AvgIpc) is 2.71. The molecule has 2 aromatic heterocycles. The highest BCUT2D eigenvalue weighted by Crippen LogP contribution is 2.37. The van der Waals surface area contributed by atoms with Gasteiger partial charge in [-0.3, -0.25) is 0 Å². The van der Waals surface area contributed by atoms with E-state index in [1.807, 2.05) is 24.5 Å². The van der Waals surface area contributed by atoms with Crippen molar-refractivity contribution in [1.29, 1.82) is 0 Å². The van der Waals surface area contributed by atoms with Crippen LogP contribution in [0.25, 0.3) is 0 Å². The third-order valence-electron chi connectivity index (χ3n) is 2.40. The predicted octanol–water partition coefficient (Wildman–Crippen LogP) is 4.75. The van der Waals surface area contributed by atoms with Crippen LogP contribution in [0.2, 0.25) is 0 Å². The molecule has 0 radical (unpaired) electrons. The van der Waals surface area contributed by atoms with E-state index in [1.165, 1.54) is 20.9 Å². The second kappa shape index (κ2) is 4.14. The highest BCUT2D eigenvalue weighted by molar-refractivity contribution is 9.09. The van der Waals surface area contributed by atoms with Gasteiger partial charge in [-0.1, -0.05) is 15.9 Å². The van der Waals surface area contributed by atoms with Crippen LogP contribution in [-0.4, -0.2) is 0 Å². The SMILES string of the molecule is Cc1cc(C(Br)c2cc(C)sc2C)co1. The molecular weight excluding hydrogens is 272 g/mol. The molecule has 80 valence electrons. The summed E-state index contributed by atoms with van der Waals surface area (Å²) in [6.07, 6.45) is 1.82. The van der Waals surface area contributed by atoms with Gasteiger partial charge in [0.2, 0.25) is 0 Å². The maximum atomic E-state index is 5.33. The number of hydrogen-bond acceptors (Lipinski definition) is 2. The van der Waals surface area contributed by atoms with Crippen molar-refractivity contribution in [1.82, 2.24) is 0 Å². The van der Waals surface area contributed by atoms with Crippen LogP contribution in [0.4, 0.5) is 0 Å². The van der Waals surface area contributed by atoms with Gasteiger partial charge in [-0.05, 0) is 38.5 Å². The van der Waals surface area contributed by atoms with Gasteiger partial charge in [-0.2, -0.15) is 0 Å². The molecule has 0 spiro atoms. The van der Waals surface area contributed by atoms with Crippen molar-refractivity contribution in [3.05, 3.63) is 45.0 Å². The van der Waals surface area contributed by atoms with Crippen molar-refractivity contribution in [2.24, 2.45) is 0 Å². The number of hydrogen-bond donors (Lipinski definition) is 0. The Morgan fingerprint density at radius 2 is 2.00 bits per heavy atom. The summed E-state index contributed by atoms with van der Waals surface area (Å²) in [5, 5.41) is 0. The van der Waals surface area contributed by atoms with Gasteiger partial charge in [0.1, 0.15) is 5.76 Å². The van der Waals surface area contributed by atoms with E-state index >= 15 is 0 Å². The molecule has 1 atom stereocenters. The van der Waals surface area contributed by atoms with Gasteiger partial charge in [0.25, 0.3) is 0 Å². The van der Waals surface area contributed by atoms with Gasteiger partial charge in [0, 0.05) is 15.3 Å².